The van der Waals surface area contributed by atoms with Gasteiger partial charge in [0.15, 0.2) is 5.69 Å². The number of hydrogen-bond donors (Lipinski definition) is 2. The minimum absolute atomic E-state index is 0.256. The minimum Gasteiger partial charge on any atom is -0.480 e. The molecule has 2 N–H and O–H groups in total. The van der Waals surface area contributed by atoms with Gasteiger partial charge in [-0.25, -0.2) is 9.78 Å². The van der Waals surface area contributed by atoms with Crippen LogP contribution in [-0.2, 0) is 9.53 Å². The quantitative estimate of drug-likeness (QED) is 0.678. The first-order valence-corrected chi connectivity index (χ1v) is 4.62. The summed E-state index contributed by atoms with van der Waals surface area (Å²) in [5.74, 6) is -1.00. The Morgan fingerprint density at radius 2 is 2.50 bits per heavy atom. The van der Waals surface area contributed by atoms with Gasteiger partial charge in [0.2, 0.25) is 0 Å². The van der Waals surface area contributed by atoms with E-state index in [1.54, 1.807) is 12.1 Å². The molecule has 6 heteroatoms. The predicted molar refractivity (Wildman–Crippen MR) is 55.9 cm³/mol. The largest absolute Gasteiger partial charge is 0.480 e. The number of nitrogens with one attached hydrogen (secondary N) is 1. The number of hydrogen-bond acceptors (Lipinski definition) is 5. The highest BCUT2D eigenvalue weighted by atomic mass is 16.5. The molecule has 0 aliphatic rings. The van der Waals surface area contributed by atoms with Crippen molar-refractivity contribution in [2.75, 3.05) is 25.1 Å². The number of anilines is 1. The summed E-state index contributed by atoms with van der Waals surface area (Å²) in [5.41, 5.74) is 0.921. The van der Waals surface area contributed by atoms with Gasteiger partial charge in [-0.05, 0) is 12.1 Å². The Hall–Kier alpha value is -2.13. The average Bonchev–Trinajstić information content (AvgIpc) is 2.29. The molecule has 0 fully saturated rings. The summed E-state index contributed by atoms with van der Waals surface area (Å²) < 4.78 is 4.82. The number of nitrogens with zero attached hydrogens (tertiary/aromatic N) is 2. The van der Waals surface area contributed by atoms with Crippen molar-refractivity contribution in [3.63, 3.8) is 0 Å². The molecule has 0 aliphatic heterocycles. The third kappa shape index (κ3) is 3.94. The first-order valence-electron chi connectivity index (χ1n) is 4.62. The lowest BCUT2D eigenvalue weighted by atomic mass is 10.3. The number of carbonyl (C=O) groups is 1. The molecular formula is C10H11N3O3. The summed E-state index contributed by atoms with van der Waals surface area (Å²) in [6, 6.07) is 5.38. The Balaban J connectivity index is 2.32. The fourth-order valence-corrected chi connectivity index (χ4v) is 1.05. The van der Waals surface area contributed by atoms with E-state index in [-0.39, 0.29) is 13.2 Å². The number of ether oxygens (including phenoxy) is 1. The van der Waals surface area contributed by atoms with Gasteiger partial charge in [0.25, 0.3) is 0 Å². The van der Waals surface area contributed by atoms with Gasteiger partial charge in [0.05, 0.1) is 12.3 Å². The van der Waals surface area contributed by atoms with Crippen molar-refractivity contribution in [2.45, 2.75) is 0 Å². The topological polar surface area (TPSA) is 95.2 Å². The first kappa shape index (κ1) is 11.9. The summed E-state index contributed by atoms with van der Waals surface area (Å²) in [7, 11) is 0. The third-order valence-corrected chi connectivity index (χ3v) is 1.70. The van der Waals surface area contributed by atoms with Crippen molar-refractivity contribution in [1.82, 2.24) is 4.98 Å². The molecule has 16 heavy (non-hydrogen) atoms. The SMILES string of the molecule is N#Cc1ncccc1NCCOCC(=O)O. The van der Waals surface area contributed by atoms with Gasteiger partial charge in [-0.1, -0.05) is 0 Å². The lowest BCUT2D eigenvalue weighted by molar-refractivity contribution is -0.142. The van der Waals surface area contributed by atoms with E-state index in [9.17, 15) is 4.79 Å². The highest BCUT2D eigenvalue weighted by Gasteiger charge is 2.01. The van der Waals surface area contributed by atoms with Gasteiger partial charge >= 0.3 is 5.97 Å². The fraction of sp³-hybridized carbons (Fsp3) is 0.300. The van der Waals surface area contributed by atoms with E-state index in [0.717, 1.165) is 0 Å². The van der Waals surface area contributed by atoms with Crippen molar-refractivity contribution in [3.8, 4) is 6.07 Å². The van der Waals surface area contributed by atoms with E-state index in [1.807, 2.05) is 6.07 Å². The Morgan fingerprint density at radius 3 is 3.19 bits per heavy atom. The zero-order valence-electron chi connectivity index (χ0n) is 8.51. The zero-order valence-corrected chi connectivity index (χ0v) is 8.51. The maximum absolute atomic E-state index is 10.1. The summed E-state index contributed by atoms with van der Waals surface area (Å²) in [4.78, 5) is 14.0. The molecule has 0 saturated heterocycles. The predicted octanol–water partition coefficient (Wildman–Crippen LogP) is 0.466. The second-order valence-corrected chi connectivity index (χ2v) is 2.88. The fourth-order valence-electron chi connectivity index (χ4n) is 1.05. The van der Waals surface area contributed by atoms with Gasteiger partial charge in [0, 0.05) is 12.7 Å². The van der Waals surface area contributed by atoms with Crippen LogP contribution >= 0.6 is 0 Å². The summed E-state index contributed by atoms with van der Waals surface area (Å²) >= 11 is 0. The Bertz CT molecular complexity index is 401. The van der Waals surface area contributed by atoms with Crippen molar-refractivity contribution in [1.29, 1.82) is 5.26 Å². The van der Waals surface area contributed by atoms with Crippen LogP contribution in [-0.4, -0.2) is 35.8 Å². The average molecular weight is 221 g/mol. The molecule has 1 heterocycles. The number of nitriles is 1. The molecule has 84 valence electrons. The van der Waals surface area contributed by atoms with Crippen LogP contribution in [0, 0.1) is 11.3 Å². The summed E-state index contributed by atoms with van der Waals surface area (Å²) in [6.45, 7) is 0.361. The monoisotopic (exact) mass is 221 g/mol. The Morgan fingerprint density at radius 1 is 1.69 bits per heavy atom. The van der Waals surface area contributed by atoms with Crippen molar-refractivity contribution >= 4 is 11.7 Å². The number of pyridine rings is 1. The van der Waals surface area contributed by atoms with Gasteiger partial charge < -0.3 is 15.2 Å². The Kier molecular flexibility index (Phi) is 4.76. The van der Waals surface area contributed by atoms with Gasteiger partial charge in [-0.3, -0.25) is 0 Å². The normalized spacial score (nSPS) is 9.44. The molecule has 0 atom stereocenters. The molecule has 0 aromatic carbocycles. The van der Waals surface area contributed by atoms with Crippen LogP contribution in [0.25, 0.3) is 0 Å². The molecule has 1 aromatic heterocycles. The zero-order chi connectivity index (χ0) is 11.8. The molecule has 0 aliphatic carbocycles. The van der Waals surface area contributed by atoms with Crippen LogP contribution in [0.15, 0.2) is 18.3 Å². The van der Waals surface area contributed by atoms with E-state index >= 15 is 0 Å². The summed E-state index contributed by atoms with van der Waals surface area (Å²) in [5, 5.41) is 20.0. The number of aliphatic carboxylic acids is 1. The second-order valence-electron chi connectivity index (χ2n) is 2.88. The maximum atomic E-state index is 10.1. The van der Waals surface area contributed by atoms with Crippen molar-refractivity contribution < 1.29 is 14.6 Å². The molecule has 0 radical (unpaired) electrons. The highest BCUT2D eigenvalue weighted by Crippen LogP contribution is 2.09. The molecule has 0 amide bonds. The Labute approximate surface area is 92.5 Å². The highest BCUT2D eigenvalue weighted by molar-refractivity contribution is 5.68. The van der Waals surface area contributed by atoms with E-state index in [0.29, 0.717) is 17.9 Å². The smallest absolute Gasteiger partial charge is 0.329 e. The van der Waals surface area contributed by atoms with Crippen molar-refractivity contribution in [2.24, 2.45) is 0 Å². The van der Waals surface area contributed by atoms with E-state index in [2.05, 4.69) is 10.3 Å². The van der Waals surface area contributed by atoms with Crippen LogP contribution in [0.3, 0.4) is 0 Å². The molecule has 0 bridgehead atoms. The van der Waals surface area contributed by atoms with Crippen LogP contribution < -0.4 is 5.32 Å². The lowest BCUT2D eigenvalue weighted by Crippen LogP contribution is -2.14. The van der Waals surface area contributed by atoms with E-state index in [1.165, 1.54) is 6.20 Å². The van der Waals surface area contributed by atoms with Crippen LogP contribution in [0.1, 0.15) is 5.69 Å². The standard InChI is InChI=1S/C10H11N3O3/c11-6-9-8(2-1-3-12-9)13-4-5-16-7-10(14)15/h1-3,13H,4-5,7H2,(H,14,15). The van der Waals surface area contributed by atoms with Crippen LogP contribution in [0.4, 0.5) is 5.69 Å². The first-order chi connectivity index (χ1) is 7.74. The van der Waals surface area contributed by atoms with E-state index < -0.39 is 5.97 Å². The lowest BCUT2D eigenvalue weighted by Gasteiger charge is -2.06. The third-order valence-electron chi connectivity index (χ3n) is 1.70. The second kappa shape index (κ2) is 6.37. The van der Waals surface area contributed by atoms with Gasteiger partial charge in [-0.2, -0.15) is 5.26 Å². The number of aromatic nitrogens is 1. The maximum Gasteiger partial charge on any atom is 0.329 e. The summed E-state index contributed by atoms with van der Waals surface area (Å²) in [6.07, 6.45) is 1.53. The van der Waals surface area contributed by atoms with Gasteiger partial charge in [-0.15, -0.1) is 0 Å². The van der Waals surface area contributed by atoms with E-state index in [4.69, 9.17) is 15.1 Å². The number of carboxylic acid groups (broad SMARTS) is 1. The molecule has 0 spiro atoms. The number of carboxylic acids is 1. The molecule has 1 rings (SSSR count). The molecule has 1 aromatic rings. The van der Waals surface area contributed by atoms with Crippen molar-refractivity contribution in [3.05, 3.63) is 24.0 Å². The molecule has 6 nitrogen and oxygen atoms in total. The molecular weight excluding hydrogens is 210 g/mol. The minimum atomic E-state index is -1.00. The molecule has 0 saturated carbocycles. The number of rotatable bonds is 6. The van der Waals surface area contributed by atoms with Crippen LogP contribution in [0.2, 0.25) is 0 Å². The molecule has 0 unspecified atom stereocenters. The van der Waals surface area contributed by atoms with Crippen LogP contribution in [0.5, 0.6) is 0 Å². The van der Waals surface area contributed by atoms with Gasteiger partial charge in [0.1, 0.15) is 12.7 Å².